The average Bonchev–Trinajstić information content (AvgIpc) is 2.78. The normalized spacial score (nSPS) is 10.2. The zero-order valence-electron chi connectivity index (χ0n) is 9.69. The molecular weight excluding hydrogens is 232 g/mol. The van der Waals surface area contributed by atoms with Gasteiger partial charge in [0, 0.05) is 24.0 Å². The van der Waals surface area contributed by atoms with E-state index in [9.17, 15) is 9.59 Å². The number of amides is 3. The van der Waals surface area contributed by atoms with Gasteiger partial charge in [-0.1, -0.05) is 18.2 Å². The largest absolute Gasteiger partial charge is 0.352 e. The van der Waals surface area contributed by atoms with Crippen molar-refractivity contribution in [2.75, 3.05) is 13.1 Å². The number of carbonyl (C=O) groups is 2. The number of rotatable bonds is 4. The highest BCUT2D eigenvalue weighted by Gasteiger charge is 2.08. The maximum atomic E-state index is 11.8. The molecule has 0 unspecified atom stereocenters. The molecule has 2 aromatic rings. The molecule has 0 saturated heterocycles. The number of nitrogens with one attached hydrogen (secondary N) is 3. The van der Waals surface area contributed by atoms with Crippen molar-refractivity contribution >= 4 is 22.8 Å². The number of hydrogen-bond acceptors (Lipinski definition) is 2. The highest BCUT2D eigenvalue weighted by Crippen LogP contribution is 2.14. The van der Waals surface area contributed by atoms with E-state index in [1.54, 1.807) is 6.07 Å². The minimum Gasteiger partial charge on any atom is -0.352 e. The number of benzene rings is 1. The number of fused-ring (bicyclic) bond motifs is 1. The zero-order valence-corrected chi connectivity index (χ0v) is 9.69. The van der Waals surface area contributed by atoms with Gasteiger partial charge in [0.2, 0.25) is 0 Å². The predicted molar refractivity (Wildman–Crippen MR) is 68.2 cm³/mol. The lowest BCUT2D eigenvalue weighted by Crippen LogP contribution is -2.37. The number of primary amides is 1. The van der Waals surface area contributed by atoms with Gasteiger partial charge in [0.05, 0.1) is 0 Å². The Hall–Kier alpha value is -2.50. The van der Waals surface area contributed by atoms with Gasteiger partial charge in [-0.05, 0) is 12.1 Å². The number of aromatic nitrogens is 1. The molecule has 3 amide bonds. The summed E-state index contributed by atoms with van der Waals surface area (Å²) in [7, 11) is 0. The van der Waals surface area contributed by atoms with Crippen molar-refractivity contribution in [1.82, 2.24) is 15.6 Å². The molecule has 0 saturated carbocycles. The average molecular weight is 246 g/mol. The first-order valence-corrected chi connectivity index (χ1v) is 5.56. The summed E-state index contributed by atoms with van der Waals surface area (Å²) in [6, 6.07) is 8.82. The Bertz CT molecular complexity index is 543. The molecule has 0 aliphatic carbocycles. The number of hydrogen-bond donors (Lipinski definition) is 4. The molecule has 0 bridgehead atoms. The number of aromatic amines is 1. The summed E-state index contributed by atoms with van der Waals surface area (Å²) in [6.45, 7) is 0.637. The summed E-state index contributed by atoms with van der Waals surface area (Å²) in [5, 5.41) is 6.05. The molecule has 1 heterocycles. The van der Waals surface area contributed by atoms with Crippen LogP contribution in [-0.2, 0) is 0 Å². The molecule has 1 aromatic carbocycles. The molecule has 0 aliphatic rings. The molecule has 0 atom stereocenters. The minimum absolute atomic E-state index is 0.211. The third-order valence-corrected chi connectivity index (χ3v) is 2.48. The fourth-order valence-electron chi connectivity index (χ4n) is 1.65. The van der Waals surface area contributed by atoms with Crippen LogP contribution in [0.3, 0.4) is 0 Å². The molecule has 5 N–H and O–H groups in total. The standard InChI is InChI=1S/C12H14N4O2/c13-12(18)15-6-5-14-11(17)10-7-8-3-1-2-4-9(8)16-10/h1-4,7,16H,5-6H2,(H,14,17)(H3,13,15,18). The maximum Gasteiger partial charge on any atom is 0.312 e. The van der Waals surface area contributed by atoms with Crippen molar-refractivity contribution in [2.45, 2.75) is 0 Å². The van der Waals surface area contributed by atoms with Gasteiger partial charge in [-0.3, -0.25) is 4.79 Å². The topological polar surface area (TPSA) is 100 Å². The van der Waals surface area contributed by atoms with Crippen molar-refractivity contribution < 1.29 is 9.59 Å². The zero-order chi connectivity index (χ0) is 13.0. The van der Waals surface area contributed by atoms with E-state index in [0.717, 1.165) is 10.9 Å². The number of H-pyrrole nitrogens is 1. The lowest BCUT2D eigenvalue weighted by atomic mass is 10.2. The molecule has 0 radical (unpaired) electrons. The Kier molecular flexibility index (Phi) is 3.47. The van der Waals surface area contributed by atoms with Crippen LogP contribution >= 0.6 is 0 Å². The Balaban J connectivity index is 1.94. The third-order valence-electron chi connectivity index (χ3n) is 2.48. The Labute approximate surface area is 104 Å². The summed E-state index contributed by atoms with van der Waals surface area (Å²) in [4.78, 5) is 25.2. The van der Waals surface area contributed by atoms with E-state index in [1.165, 1.54) is 0 Å². The molecule has 0 aliphatic heterocycles. The van der Waals surface area contributed by atoms with Crippen molar-refractivity contribution in [3.63, 3.8) is 0 Å². The summed E-state index contributed by atoms with van der Waals surface area (Å²) < 4.78 is 0. The molecule has 1 aromatic heterocycles. The van der Waals surface area contributed by atoms with E-state index in [0.29, 0.717) is 18.8 Å². The third kappa shape index (κ3) is 2.79. The summed E-state index contributed by atoms with van der Waals surface area (Å²) >= 11 is 0. The van der Waals surface area contributed by atoms with Crippen LogP contribution in [0.2, 0.25) is 0 Å². The van der Waals surface area contributed by atoms with Crippen LogP contribution in [-0.4, -0.2) is 30.0 Å². The smallest absolute Gasteiger partial charge is 0.312 e. The second-order valence-electron chi connectivity index (χ2n) is 3.82. The van der Waals surface area contributed by atoms with E-state index in [-0.39, 0.29) is 5.91 Å². The van der Waals surface area contributed by atoms with E-state index in [2.05, 4.69) is 15.6 Å². The van der Waals surface area contributed by atoms with Crippen molar-refractivity contribution in [3.8, 4) is 0 Å². The van der Waals surface area contributed by atoms with E-state index in [1.807, 2.05) is 24.3 Å². The molecule has 6 heteroatoms. The van der Waals surface area contributed by atoms with Gasteiger partial charge in [-0.2, -0.15) is 0 Å². The first kappa shape index (κ1) is 12.0. The molecule has 0 fully saturated rings. The summed E-state index contributed by atoms with van der Waals surface area (Å²) in [5.41, 5.74) is 6.31. The van der Waals surface area contributed by atoms with Crippen LogP contribution in [0.1, 0.15) is 10.5 Å². The van der Waals surface area contributed by atoms with Gasteiger partial charge in [-0.15, -0.1) is 0 Å². The first-order valence-electron chi connectivity index (χ1n) is 5.56. The lowest BCUT2D eigenvalue weighted by Gasteiger charge is -2.03. The van der Waals surface area contributed by atoms with Gasteiger partial charge in [-0.25, -0.2) is 4.79 Å². The van der Waals surface area contributed by atoms with Crippen molar-refractivity contribution in [1.29, 1.82) is 0 Å². The molecule has 94 valence electrons. The van der Waals surface area contributed by atoms with Gasteiger partial charge in [0.1, 0.15) is 5.69 Å². The van der Waals surface area contributed by atoms with Gasteiger partial charge in [0.25, 0.3) is 5.91 Å². The maximum absolute atomic E-state index is 11.8. The van der Waals surface area contributed by atoms with Crippen LogP contribution in [0.25, 0.3) is 10.9 Å². The SMILES string of the molecule is NC(=O)NCCNC(=O)c1cc2ccccc2[nH]1. The predicted octanol–water partition coefficient (Wildman–Crippen LogP) is 0.566. The van der Waals surface area contributed by atoms with Gasteiger partial charge < -0.3 is 21.4 Å². The van der Waals surface area contributed by atoms with Crippen molar-refractivity contribution in [2.24, 2.45) is 5.73 Å². The summed E-state index contributed by atoms with van der Waals surface area (Å²) in [5.74, 6) is -0.211. The van der Waals surface area contributed by atoms with Gasteiger partial charge >= 0.3 is 6.03 Å². The highest BCUT2D eigenvalue weighted by molar-refractivity contribution is 5.97. The molecule has 2 rings (SSSR count). The van der Waals surface area contributed by atoms with Crippen LogP contribution < -0.4 is 16.4 Å². The van der Waals surface area contributed by atoms with E-state index in [4.69, 9.17) is 5.73 Å². The highest BCUT2D eigenvalue weighted by atomic mass is 16.2. The molecule has 0 spiro atoms. The van der Waals surface area contributed by atoms with Gasteiger partial charge in [0.15, 0.2) is 0 Å². The fourth-order valence-corrected chi connectivity index (χ4v) is 1.65. The fraction of sp³-hybridized carbons (Fsp3) is 0.167. The van der Waals surface area contributed by atoms with Crippen LogP contribution in [0, 0.1) is 0 Å². The number of urea groups is 1. The Morgan fingerprint density at radius 3 is 2.61 bits per heavy atom. The van der Waals surface area contributed by atoms with Crippen LogP contribution in [0.4, 0.5) is 4.79 Å². The summed E-state index contributed by atoms with van der Waals surface area (Å²) in [6.07, 6.45) is 0. The van der Waals surface area contributed by atoms with Crippen LogP contribution in [0.5, 0.6) is 0 Å². The quantitative estimate of drug-likeness (QED) is 0.593. The Morgan fingerprint density at radius 2 is 1.89 bits per heavy atom. The van der Waals surface area contributed by atoms with Crippen molar-refractivity contribution in [3.05, 3.63) is 36.0 Å². The molecular formula is C12H14N4O2. The monoisotopic (exact) mass is 246 g/mol. The molecule has 6 nitrogen and oxygen atoms in total. The second-order valence-corrected chi connectivity index (χ2v) is 3.82. The Morgan fingerprint density at radius 1 is 1.17 bits per heavy atom. The first-order chi connectivity index (χ1) is 8.66. The minimum atomic E-state index is -0.602. The van der Waals surface area contributed by atoms with Crippen LogP contribution in [0.15, 0.2) is 30.3 Å². The van der Waals surface area contributed by atoms with E-state index >= 15 is 0 Å². The number of para-hydroxylation sites is 1. The second kappa shape index (κ2) is 5.22. The number of carbonyl (C=O) groups excluding carboxylic acids is 2. The van der Waals surface area contributed by atoms with E-state index < -0.39 is 6.03 Å². The molecule has 18 heavy (non-hydrogen) atoms. The lowest BCUT2D eigenvalue weighted by molar-refractivity contribution is 0.0949. The number of nitrogens with two attached hydrogens (primary N) is 1.